The average molecular weight is 319 g/mol. The minimum atomic E-state index is -4.15. The van der Waals surface area contributed by atoms with E-state index in [1.165, 1.54) is 7.11 Å². The van der Waals surface area contributed by atoms with E-state index in [2.05, 4.69) is 5.32 Å². The Morgan fingerprint density at radius 2 is 1.91 bits per heavy atom. The Labute approximate surface area is 127 Å². The van der Waals surface area contributed by atoms with Gasteiger partial charge in [0.2, 0.25) is 0 Å². The Bertz CT molecular complexity index is 493. The van der Waals surface area contributed by atoms with Crippen molar-refractivity contribution in [3.05, 3.63) is 23.8 Å². The second-order valence-corrected chi connectivity index (χ2v) is 5.18. The first kappa shape index (κ1) is 16.9. The van der Waals surface area contributed by atoms with Crippen LogP contribution in [0, 0.1) is 0 Å². The van der Waals surface area contributed by atoms with Gasteiger partial charge in [0.15, 0.2) is 11.5 Å². The van der Waals surface area contributed by atoms with Crippen molar-refractivity contribution in [3.8, 4) is 11.5 Å². The largest absolute Gasteiger partial charge is 0.493 e. The minimum absolute atomic E-state index is 0.283. The number of nitrogens with one attached hydrogen (secondary N) is 1. The number of methoxy groups -OCH3 is 2. The van der Waals surface area contributed by atoms with Gasteiger partial charge in [0.25, 0.3) is 0 Å². The molecular formula is C15H20F3NO3. The van der Waals surface area contributed by atoms with E-state index in [0.717, 1.165) is 12.0 Å². The minimum Gasteiger partial charge on any atom is -0.493 e. The van der Waals surface area contributed by atoms with E-state index in [0.29, 0.717) is 24.7 Å². The molecule has 2 atom stereocenters. The first-order valence-electron chi connectivity index (χ1n) is 7.07. The standard InChI is InChI=1S/C15H20F3NO3/c1-20-6-3-7-22-13-8-10(4-5-12(13)21-2)14-11(19-14)9-15(16,17)18/h4-5,8,11,14,19H,3,6-7,9H2,1-2H3/t11-,14+/m0/s1. The van der Waals surface area contributed by atoms with Gasteiger partial charge >= 0.3 is 6.18 Å². The van der Waals surface area contributed by atoms with E-state index >= 15 is 0 Å². The van der Waals surface area contributed by atoms with Crippen molar-refractivity contribution < 1.29 is 27.4 Å². The molecule has 1 N–H and O–H groups in total. The topological polar surface area (TPSA) is 49.6 Å². The molecule has 0 spiro atoms. The van der Waals surface area contributed by atoms with Gasteiger partial charge in [0, 0.05) is 32.2 Å². The van der Waals surface area contributed by atoms with Gasteiger partial charge in [-0.05, 0) is 17.7 Å². The van der Waals surface area contributed by atoms with Crippen molar-refractivity contribution in [1.29, 1.82) is 0 Å². The van der Waals surface area contributed by atoms with E-state index in [4.69, 9.17) is 14.2 Å². The molecule has 1 aromatic rings. The molecule has 124 valence electrons. The Morgan fingerprint density at radius 1 is 1.14 bits per heavy atom. The zero-order valence-electron chi connectivity index (χ0n) is 12.6. The summed E-state index contributed by atoms with van der Waals surface area (Å²) in [6.07, 6.45) is -4.26. The van der Waals surface area contributed by atoms with Gasteiger partial charge in [-0.15, -0.1) is 0 Å². The molecule has 1 aliphatic heterocycles. The summed E-state index contributed by atoms with van der Waals surface area (Å²) in [5, 5.41) is 2.85. The molecule has 1 heterocycles. The predicted molar refractivity (Wildman–Crippen MR) is 75.3 cm³/mol. The predicted octanol–water partition coefficient (Wildman–Crippen LogP) is 3.08. The average Bonchev–Trinajstić information content (AvgIpc) is 3.20. The van der Waals surface area contributed by atoms with E-state index in [-0.39, 0.29) is 6.04 Å². The molecule has 0 aromatic heterocycles. The molecule has 1 saturated heterocycles. The van der Waals surface area contributed by atoms with Crippen molar-refractivity contribution in [2.45, 2.75) is 31.1 Å². The number of alkyl halides is 3. The van der Waals surface area contributed by atoms with E-state index in [9.17, 15) is 13.2 Å². The lowest BCUT2D eigenvalue weighted by Gasteiger charge is -2.12. The summed E-state index contributed by atoms with van der Waals surface area (Å²) < 4.78 is 52.9. The summed E-state index contributed by atoms with van der Waals surface area (Å²) in [4.78, 5) is 0. The smallest absolute Gasteiger partial charge is 0.390 e. The highest BCUT2D eigenvalue weighted by Crippen LogP contribution is 2.40. The second kappa shape index (κ2) is 7.19. The molecule has 4 nitrogen and oxygen atoms in total. The third kappa shape index (κ3) is 4.78. The summed E-state index contributed by atoms with van der Waals surface area (Å²) in [5.74, 6) is 1.10. The lowest BCUT2D eigenvalue weighted by atomic mass is 10.1. The van der Waals surface area contributed by atoms with Crippen molar-refractivity contribution in [1.82, 2.24) is 5.32 Å². The molecule has 7 heteroatoms. The first-order chi connectivity index (χ1) is 10.4. The maximum Gasteiger partial charge on any atom is 0.390 e. The number of rotatable bonds is 8. The summed E-state index contributed by atoms with van der Waals surface area (Å²) in [5.41, 5.74) is 0.775. The highest BCUT2D eigenvalue weighted by Gasteiger charge is 2.45. The quantitative estimate of drug-likeness (QED) is 0.591. The van der Waals surface area contributed by atoms with Gasteiger partial charge in [0.05, 0.1) is 20.1 Å². The number of hydrogen-bond donors (Lipinski definition) is 1. The fraction of sp³-hybridized carbons (Fsp3) is 0.600. The SMILES string of the molecule is COCCCOc1cc([C@H]2N[C@H]2CC(F)(F)F)ccc1OC. The van der Waals surface area contributed by atoms with Gasteiger partial charge in [-0.25, -0.2) is 0 Å². The van der Waals surface area contributed by atoms with Gasteiger partial charge in [-0.1, -0.05) is 6.07 Å². The maximum atomic E-state index is 12.4. The van der Waals surface area contributed by atoms with E-state index < -0.39 is 18.6 Å². The van der Waals surface area contributed by atoms with Crippen LogP contribution < -0.4 is 14.8 Å². The molecule has 1 aliphatic rings. The first-order valence-corrected chi connectivity index (χ1v) is 7.07. The number of halogens is 3. The van der Waals surface area contributed by atoms with Crippen molar-refractivity contribution >= 4 is 0 Å². The van der Waals surface area contributed by atoms with Crippen LogP contribution in [0.4, 0.5) is 13.2 Å². The zero-order valence-corrected chi connectivity index (χ0v) is 12.6. The molecule has 2 rings (SSSR count). The molecule has 0 aliphatic carbocycles. The van der Waals surface area contributed by atoms with Crippen LogP contribution in [0.2, 0.25) is 0 Å². The molecular weight excluding hydrogens is 299 g/mol. The molecule has 0 saturated carbocycles. The molecule has 1 aromatic carbocycles. The van der Waals surface area contributed by atoms with E-state index in [1.807, 2.05) is 0 Å². The van der Waals surface area contributed by atoms with Gasteiger partial charge < -0.3 is 19.5 Å². The highest BCUT2D eigenvalue weighted by atomic mass is 19.4. The van der Waals surface area contributed by atoms with Crippen molar-refractivity contribution in [2.24, 2.45) is 0 Å². The fourth-order valence-corrected chi connectivity index (χ4v) is 2.31. The molecule has 22 heavy (non-hydrogen) atoms. The van der Waals surface area contributed by atoms with Crippen LogP contribution in [-0.4, -0.2) is 39.7 Å². The van der Waals surface area contributed by atoms with Crippen LogP contribution in [0.15, 0.2) is 18.2 Å². The van der Waals surface area contributed by atoms with Gasteiger partial charge in [0.1, 0.15) is 0 Å². The molecule has 0 amide bonds. The van der Waals surface area contributed by atoms with Crippen LogP contribution in [0.3, 0.4) is 0 Å². The van der Waals surface area contributed by atoms with Crippen molar-refractivity contribution in [3.63, 3.8) is 0 Å². The lowest BCUT2D eigenvalue weighted by molar-refractivity contribution is -0.134. The Hall–Kier alpha value is -1.47. The van der Waals surface area contributed by atoms with Crippen LogP contribution in [-0.2, 0) is 4.74 Å². The van der Waals surface area contributed by atoms with Crippen LogP contribution in [0.1, 0.15) is 24.4 Å². The third-order valence-electron chi connectivity index (χ3n) is 3.44. The van der Waals surface area contributed by atoms with Gasteiger partial charge in [-0.2, -0.15) is 13.2 Å². The normalized spacial score (nSPS) is 20.8. The second-order valence-electron chi connectivity index (χ2n) is 5.18. The Morgan fingerprint density at radius 3 is 2.55 bits per heavy atom. The monoisotopic (exact) mass is 319 g/mol. The van der Waals surface area contributed by atoms with Crippen LogP contribution in [0.5, 0.6) is 11.5 Å². The van der Waals surface area contributed by atoms with E-state index in [1.54, 1.807) is 25.3 Å². The molecule has 1 fully saturated rings. The fourth-order valence-electron chi connectivity index (χ4n) is 2.31. The number of benzene rings is 1. The molecule has 0 bridgehead atoms. The highest BCUT2D eigenvalue weighted by molar-refractivity contribution is 5.45. The van der Waals surface area contributed by atoms with Crippen LogP contribution >= 0.6 is 0 Å². The molecule has 0 radical (unpaired) electrons. The van der Waals surface area contributed by atoms with Crippen LogP contribution in [0.25, 0.3) is 0 Å². The number of ether oxygens (including phenoxy) is 3. The Balaban J connectivity index is 1.98. The maximum absolute atomic E-state index is 12.4. The Kier molecular flexibility index (Phi) is 5.52. The lowest BCUT2D eigenvalue weighted by Crippen LogP contribution is -2.12. The molecule has 0 unspecified atom stereocenters. The number of hydrogen-bond acceptors (Lipinski definition) is 4. The summed E-state index contributed by atoms with van der Waals surface area (Å²) >= 11 is 0. The third-order valence-corrected chi connectivity index (χ3v) is 3.44. The summed E-state index contributed by atoms with van der Waals surface area (Å²) in [6, 6.07) is 4.36. The summed E-state index contributed by atoms with van der Waals surface area (Å²) in [6.45, 7) is 1.04. The summed E-state index contributed by atoms with van der Waals surface area (Å²) in [7, 11) is 3.14. The van der Waals surface area contributed by atoms with Gasteiger partial charge in [-0.3, -0.25) is 0 Å². The zero-order chi connectivity index (χ0) is 16.2. The van der Waals surface area contributed by atoms with Crippen molar-refractivity contribution in [2.75, 3.05) is 27.4 Å².